The predicted molar refractivity (Wildman–Crippen MR) is 74.9 cm³/mol. The molecule has 20 heavy (non-hydrogen) atoms. The maximum absolute atomic E-state index is 14.4. The lowest BCUT2D eigenvalue weighted by Crippen LogP contribution is -2.49. The number of nitrogens with one attached hydrogen (secondary N) is 1. The second-order valence-electron chi connectivity index (χ2n) is 4.81. The van der Waals surface area contributed by atoms with E-state index in [9.17, 15) is 4.39 Å². The molecule has 0 radical (unpaired) electrons. The van der Waals surface area contributed by atoms with E-state index in [1.165, 1.54) is 7.11 Å². The van der Waals surface area contributed by atoms with E-state index >= 15 is 0 Å². The highest BCUT2D eigenvalue weighted by Gasteiger charge is 2.30. The minimum atomic E-state index is -0.403. The Morgan fingerprint density at radius 2 is 2.40 bits per heavy atom. The van der Waals surface area contributed by atoms with E-state index in [1.807, 2.05) is 0 Å². The van der Waals surface area contributed by atoms with Crippen molar-refractivity contribution in [2.45, 2.75) is 19.1 Å². The van der Waals surface area contributed by atoms with Gasteiger partial charge in [-0.15, -0.1) is 0 Å². The number of hydrazine groups is 1. The standard InChI is InChI=1S/C14H22FN3O2/c1-3-18-7-8-20-12(9-18)14(17-16)10-5-4-6-11(19-2)13(10)15/h4-6,12,14,17H,3,7-9,16H2,1-2H3. The van der Waals surface area contributed by atoms with Crippen molar-refractivity contribution in [3.8, 4) is 5.75 Å². The first-order valence-corrected chi connectivity index (χ1v) is 6.83. The van der Waals surface area contributed by atoms with Crippen LogP contribution in [0.15, 0.2) is 18.2 Å². The molecule has 1 aliphatic heterocycles. The van der Waals surface area contributed by atoms with Crippen LogP contribution >= 0.6 is 0 Å². The van der Waals surface area contributed by atoms with Gasteiger partial charge >= 0.3 is 0 Å². The Balaban J connectivity index is 2.23. The molecule has 2 atom stereocenters. The molecule has 0 aromatic heterocycles. The quantitative estimate of drug-likeness (QED) is 0.625. The first-order chi connectivity index (χ1) is 9.71. The Hall–Kier alpha value is -1.21. The summed E-state index contributed by atoms with van der Waals surface area (Å²) in [6.07, 6.45) is -0.185. The molecule has 5 nitrogen and oxygen atoms in total. The van der Waals surface area contributed by atoms with Gasteiger partial charge < -0.3 is 9.47 Å². The smallest absolute Gasteiger partial charge is 0.169 e. The van der Waals surface area contributed by atoms with Gasteiger partial charge in [0.05, 0.1) is 25.9 Å². The van der Waals surface area contributed by atoms with Gasteiger partial charge in [0.1, 0.15) is 0 Å². The van der Waals surface area contributed by atoms with Crippen LogP contribution in [0.2, 0.25) is 0 Å². The fourth-order valence-electron chi connectivity index (χ4n) is 2.54. The van der Waals surface area contributed by atoms with Crippen LogP contribution in [0.1, 0.15) is 18.5 Å². The summed E-state index contributed by atoms with van der Waals surface area (Å²) in [7, 11) is 1.45. The Bertz CT molecular complexity index is 444. The topological polar surface area (TPSA) is 59.8 Å². The molecule has 1 aliphatic rings. The lowest BCUT2D eigenvalue weighted by molar-refractivity contribution is -0.0462. The van der Waals surface area contributed by atoms with Crippen molar-refractivity contribution in [1.29, 1.82) is 0 Å². The molecule has 0 aliphatic carbocycles. The number of nitrogens with two attached hydrogens (primary N) is 1. The number of morpholine rings is 1. The molecule has 2 unspecified atom stereocenters. The van der Waals surface area contributed by atoms with E-state index in [0.717, 1.165) is 19.6 Å². The Kier molecular flexibility index (Phi) is 5.31. The Labute approximate surface area is 118 Å². The number of rotatable bonds is 5. The summed E-state index contributed by atoms with van der Waals surface area (Å²) in [6.45, 7) is 5.28. The zero-order valence-electron chi connectivity index (χ0n) is 11.9. The van der Waals surface area contributed by atoms with Crippen molar-refractivity contribution in [1.82, 2.24) is 10.3 Å². The highest BCUT2D eigenvalue weighted by atomic mass is 19.1. The van der Waals surface area contributed by atoms with Crippen LogP contribution in [0.3, 0.4) is 0 Å². The number of ether oxygens (including phenoxy) is 2. The number of methoxy groups -OCH3 is 1. The predicted octanol–water partition coefficient (Wildman–Crippen LogP) is 1.06. The minimum absolute atomic E-state index is 0.185. The summed E-state index contributed by atoms with van der Waals surface area (Å²) in [6, 6.07) is 4.64. The third-order valence-corrected chi connectivity index (χ3v) is 3.72. The van der Waals surface area contributed by atoms with E-state index < -0.39 is 11.9 Å². The van der Waals surface area contributed by atoms with Gasteiger partial charge in [-0.3, -0.25) is 16.2 Å². The Morgan fingerprint density at radius 3 is 3.05 bits per heavy atom. The number of nitrogens with zero attached hydrogens (tertiary/aromatic N) is 1. The summed E-state index contributed by atoms with van der Waals surface area (Å²) in [5, 5.41) is 0. The molecule has 1 aromatic carbocycles. The summed E-state index contributed by atoms with van der Waals surface area (Å²) in [4.78, 5) is 2.26. The maximum atomic E-state index is 14.4. The highest BCUT2D eigenvalue weighted by Crippen LogP contribution is 2.28. The molecule has 6 heteroatoms. The number of benzene rings is 1. The van der Waals surface area contributed by atoms with E-state index in [-0.39, 0.29) is 11.9 Å². The summed E-state index contributed by atoms with van der Waals surface area (Å²) in [5.41, 5.74) is 3.15. The zero-order valence-corrected chi connectivity index (χ0v) is 11.9. The second-order valence-corrected chi connectivity index (χ2v) is 4.81. The molecule has 0 saturated carbocycles. The Morgan fingerprint density at radius 1 is 1.60 bits per heavy atom. The van der Waals surface area contributed by atoms with E-state index in [2.05, 4.69) is 17.2 Å². The zero-order chi connectivity index (χ0) is 14.5. The maximum Gasteiger partial charge on any atom is 0.169 e. The van der Waals surface area contributed by atoms with Crippen molar-refractivity contribution < 1.29 is 13.9 Å². The first-order valence-electron chi connectivity index (χ1n) is 6.83. The molecule has 0 bridgehead atoms. The molecule has 1 aromatic rings. The summed E-state index contributed by atoms with van der Waals surface area (Å²) >= 11 is 0. The molecular formula is C14H22FN3O2. The number of hydrogen-bond donors (Lipinski definition) is 2. The first kappa shape index (κ1) is 15.2. The molecule has 2 rings (SSSR count). The third kappa shape index (κ3) is 3.09. The summed E-state index contributed by atoms with van der Waals surface area (Å²) < 4.78 is 25.1. The van der Waals surface area contributed by atoms with Crippen molar-refractivity contribution >= 4 is 0 Å². The molecule has 0 spiro atoms. The lowest BCUT2D eigenvalue weighted by atomic mass is 9.99. The van der Waals surface area contributed by atoms with Crippen molar-refractivity contribution in [3.05, 3.63) is 29.6 Å². The van der Waals surface area contributed by atoms with Gasteiger partial charge in [0.2, 0.25) is 0 Å². The SMILES string of the molecule is CCN1CCOC(C(NN)c2cccc(OC)c2F)C1. The van der Waals surface area contributed by atoms with E-state index in [1.54, 1.807) is 18.2 Å². The van der Waals surface area contributed by atoms with E-state index in [0.29, 0.717) is 12.2 Å². The molecular weight excluding hydrogens is 261 g/mol. The van der Waals surface area contributed by atoms with E-state index in [4.69, 9.17) is 15.3 Å². The van der Waals surface area contributed by atoms with Gasteiger partial charge in [-0.25, -0.2) is 4.39 Å². The van der Waals surface area contributed by atoms with Crippen LogP contribution in [0.5, 0.6) is 5.75 Å². The van der Waals surface area contributed by atoms with Crippen LogP contribution in [0.4, 0.5) is 4.39 Å². The number of halogens is 1. The van der Waals surface area contributed by atoms with Crippen LogP contribution in [0, 0.1) is 5.82 Å². The van der Waals surface area contributed by atoms with Crippen LogP contribution in [0.25, 0.3) is 0 Å². The molecule has 1 fully saturated rings. The monoisotopic (exact) mass is 283 g/mol. The number of likely N-dealkylation sites (N-methyl/N-ethyl adjacent to an activating group) is 1. The minimum Gasteiger partial charge on any atom is -0.494 e. The average Bonchev–Trinajstić information content (AvgIpc) is 2.50. The molecule has 1 heterocycles. The van der Waals surface area contributed by atoms with Gasteiger partial charge in [0, 0.05) is 18.7 Å². The third-order valence-electron chi connectivity index (χ3n) is 3.72. The fourth-order valence-corrected chi connectivity index (χ4v) is 2.54. The van der Waals surface area contributed by atoms with Gasteiger partial charge in [-0.1, -0.05) is 19.1 Å². The number of hydrogen-bond acceptors (Lipinski definition) is 5. The molecule has 0 amide bonds. The van der Waals surface area contributed by atoms with Crippen LogP contribution < -0.4 is 16.0 Å². The normalized spacial score (nSPS) is 21.7. The fraction of sp³-hybridized carbons (Fsp3) is 0.571. The van der Waals surface area contributed by atoms with Gasteiger partial charge in [-0.2, -0.15) is 0 Å². The van der Waals surface area contributed by atoms with Crippen molar-refractivity contribution in [3.63, 3.8) is 0 Å². The molecule has 112 valence electrons. The average molecular weight is 283 g/mol. The lowest BCUT2D eigenvalue weighted by Gasteiger charge is -2.36. The molecule has 1 saturated heterocycles. The van der Waals surface area contributed by atoms with Gasteiger partial charge in [0.25, 0.3) is 0 Å². The van der Waals surface area contributed by atoms with Gasteiger partial charge in [0.15, 0.2) is 11.6 Å². The summed E-state index contributed by atoms with van der Waals surface area (Å²) in [5.74, 6) is 5.45. The van der Waals surface area contributed by atoms with Crippen LogP contribution in [-0.4, -0.2) is 44.4 Å². The van der Waals surface area contributed by atoms with Crippen LogP contribution in [-0.2, 0) is 4.74 Å². The largest absolute Gasteiger partial charge is 0.494 e. The van der Waals surface area contributed by atoms with Gasteiger partial charge in [-0.05, 0) is 12.6 Å². The molecule has 3 N–H and O–H groups in total. The van der Waals surface area contributed by atoms with Crippen molar-refractivity contribution in [2.75, 3.05) is 33.4 Å². The highest BCUT2D eigenvalue weighted by molar-refractivity contribution is 5.33. The van der Waals surface area contributed by atoms with Crippen molar-refractivity contribution in [2.24, 2.45) is 5.84 Å². The second kappa shape index (κ2) is 6.99.